The highest BCUT2D eigenvalue weighted by atomic mass is 32.1. The molecule has 1 fully saturated rings. The third-order valence-electron chi connectivity index (χ3n) is 4.12. The number of rotatable bonds is 5. The molecule has 0 aliphatic carbocycles. The van der Waals surface area contributed by atoms with E-state index in [2.05, 4.69) is 22.2 Å². The number of carbonyl (C=O) groups is 2. The number of hydrogen-bond acceptors (Lipinski definition) is 6. The van der Waals surface area contributed by atoms with Gasteiger partial charge in [0.2, 0.25) is 11.8 Å². The van der Waals surface area contributed by atoms with E-state index in [1.165, 1.54) is 11.3 Å². The zero-order valence-corrected chi connectivity index (χ0v) is 15.9. The highest BCUT2D eigenvalue weighted by Gasteiger charge is 2.19. The van der Waals surface area contributed by atoms with Gasteiger partial charge in [0.25, 0.3) is 0 Å². The van der Waals surface area contributed by atoms with Gasteiger partial charge in [-0.2, -0.15) is 0 Å². The standard InChI is InChI=1S/C17H22N4O2S2/c1-20-5-3-6-21(8-7-20)16(23)10-13-12-25-17(18-13)19-15(22)11-14-4-2-9-24-14/h2,4,9,12H,3,5-8,10-11H2,1H3,(H,18,19,22). The lowest BCUT2D eigenvalue weighted by molar-refractivity contribution is -0.130. The minimum absolute atomic E-state index is 0.0785. The van der Waals surface area contributed by atoms with Crippen molar-refractivity contribution >= 4 is 39.6 Å². The molecule has 1 saturated heterocycles. The number of hydrogen-bond donors (Lipinski definition) is 1. The van der Waals surface area contributed by atoms with Crippen molar-refractivity contribution < 1.29 is 9.59 Å². The molecule has 0 radical (unpaired) electrons. The predicted molar refractivity (Wildman–Crippen MR) is 101 cm³/mol. The van der Waals surface area contributed by atoms with E-state index in [-0.39, 0.29) is 11.8 Å². The van der Waals surface area contributed by atoms with Crippen LogP contribution in [0.4, 0.5) is 5.13 Å². The molecule has 134 valence electrons. The van der Waals surface area contributed by atoms with Crippen LogP contribution in [0.5, 0.6) is 0 Å². The van der Waals surface area contributed by atoms with Crippen molar-refractivity contribution in [3.63, 3.8) is 0 Å². The van der Waals surface area contributed by atoms with Crippen LogP contribution in [0.2, 0.25) is 0 Å². The Hall–Kier alpha value is -1.77. The summed E-state index contributed by atoms with van der Waals surface area (Å²) in [5.41, 5.74) is 0.721. The molecule has 3 heterocycles. The van der Waals surface area contributed by atoms with Crippen LogP contribution in [0.1, 0.15) is 17.0 Å². The topological polar surface area (TPSA) is 65.5 Å². The third kappa shape index (κ3) is 5.35. The largest absolute Gasteiger partial charge is 0.341 e. The molecule has 8 heteroatoms. The van der Waals surface area contributed by atoms with Crippen LogP contribution >= 0.6 is 22.7 Å². The minimum atomic E-state index is -0.0785. The first-order valence-corrected chi connectivity index (χ1v) is 10.1. The zero-order chi connectivity index (χ0) is 17.6. The predicted octanol–water partition coefficient (Wildman–Crippen LogP) is 2.09. The normalized spacial score (nSPS) is 15.8. The Morgan fingerprint density at radius 3 is 2.88 bits per heavy atom. The van der Waals surface area contributed by atoms with Gasteiger partial charge in [-0.15, -0.1) is 22.7 Å². The van der Waals surface area contributed by atoms with E-state index in [1.54, 1.807) is 11.3 Å². The molecule has 1 aliphatic rings. The molecule has 0 aromatic carbocycles. The summed E-state index contributed by atoms with van der Waals surface area (Å²) in [5.74, 6) is 0.0299. The third-order valence-corrected chi connectivity index (χ3v) is 5.80. The molecule has 2 aromatic heterocycles. The monoisotopic (exact) mass is 378 g/mol. The van der Waals surface area contributed by atoms with Crippen LogP contribution < -0.4 is 5.32 Å². The van der Waals surface area contributed by atoms with Gasteiger partial charge in [0.1, 0.15) is 0 Å². The summed E-state index contributed by atoms with van der Waals surface area (Å²) >= 11 is 2.93. The number of nitrogens with zero attached hydrogens (tertiary/aromatic N) is 3. The molecular weight excluding hydrogens is 356 g/mol. The quantitative estimate of drug-likeness (QED) is 0.865. The van der Waals surface area contributed by atoms with Gasteiger partial charge in [0, 0.05) is 29.9 Å². The first-order chi connectivity index (χ1) is 12.1. The van der Waals surface area contributed by atoms with Crippen molar-refractivity contribution in [2.24, 2.45) is 0 Å². The number of anilines is 1. The van der Waals surface area contributed by atoms with Crippen molar-refractivity contribution in [1.29, 1.82) is 0 Å². The van der Waals surface area contributed by atoms with Crippen LogP contribution in [0.25, 0.3) is 0 Å². The number of carbonyl (C=O) groups excluding carboxylic acids is 2. The van der Waals surface area contributed by atoms with E-state index in [4.69, 9.17) is 0 Å². The SMILES string of the molecule is CN1CCCN(C(=O)Cc2csc(NC(=O)Cc3cccs3)n2)CC1. The maximum absolute atomic E-state index is 12.5. The number of nitrogens with one attached hydrogen (secondary N) is 1. The average Bonchev–Trinajstić information content (AvgIpc) is 3.17. The Labute approximate surface area is 155 Å². The fourth-order valence-corrected chi connectivity index (χ4v) is 4.17. The van der Waals surface area contributed by atoms with Gasteiger partial charge >= 0.3 is 0 Å². The van der Waals surface area contributed by atoms with E-state index >= 15 is 0 Å². The number of thiophene rings is 1. The summed E-state index contributed by atoms with van der Waals surface area (Å²) < 4.78 is 0. The summed E-state index contributed by atoms with van der Waals surface area (Å²) in [5, 5.41) is 7.17. The Balaban J connectivity index is 1.50. The lowest BCUT2D eigenvalue weighted by Gasteiger charge is -2.20. The smallest absolute Gasteiger partial charge is 0.231 e. The Kier molecular flexibility index (Phi) is 6.17. The lowest BCUT2D eigenvalue weighted by Crippen LogP contribution is -2.35. The second-order valence-electron chi connectivity index (χ2n) is 6.16. The summed E-state index contributed by atoms with van der Waals surface area (Å²) in [7, 11) is 2.08. The van der Waals surface area contributed by atoms with Gasteiger partial charge in [0.15, 0.2) is 5.13 Å². The van der Waals surface area contributed by atoms with Crippen molar-refractivity contribution in [2.45, 2.75) is 19.3 Å². The van der Waals surface area contributed by atoms with E-state index < -0.39 is 0 Å². The van der Waals surface area contributed by atoms with Gasteiger partial charge in [-0.1, -0.05) is 6.07 Å². The van der Waals surface area contributed by atoms with Crippen molar-refractivity contribution in [3.05, 3.63) is 33.5 Å². The summed E-state index contributed by atoms with van der Waals surface area (Å²) in [6.45, 7) is 3.51. The van der Waals surface area contributed by atoms with E-state index in [0.29, 0.717) is 18.0 Å². The molecule has 1 N–H and O–H groups in total. The molecule has 25 heavy (non-hydrogen) atoms. The zero-order valence-electron chi connectivity index (χ0n) is 14.2. The molecule has 2 aromatic rings. The van der Waals surface area contributed by atoms with Crippen LogP contribution in [0, 0.1) is 0 Å². The first kappa shape index (κ1) is 18.0. The van der Waals surface area contributed by atoms with Crippen molar-refractivity contribution in [3.8, 4) is 0 Å². The van der Waals surface area contributed by atoms with E-state index in [9.17, 15) is 9.59 Å². The summed E-state index contributed by atoms with van der Waals surface area (Å²) in [4.78, 5) is 34.0. The Bertz CT molecular complexity index is 714. The van der Waals surface area contributed by atoms with Crippen LogP contribution in [0.15, 0.2) is 22.9 Å². The van der Waals surface area contributed by atoms with Gasteiger partial charge in [0.05, 0.1) is 18.5 Å². The molecule has 0 spiro atoms. The van der Waals surface area contributed by atoms with Gasteiger partial charge < -0.3 is 15.1 Å². The van der Waals surface area contributed by atoms with Crippen LogP contribution in [0.3, 0.4) is 0 Å². The Morgan fingerprint density at radius 2 is 2.08 bits per heavy atom. The maximum atomic E-state index is 12.5. The highest BCUT2D eigenvalue weighted by Crippen LogP contribution is 2.18. The second kappa shape index (κ2) is 8.55. The highest BCUT2D eigenvalue weighted by molar-refractivity contribution is 7.14. The van der Waals surface area contributed by atoms with E-state index in [1.807, 2.05) is 27.8 Å². The summed E-state index contributed by atoms with van der Waals surface area (Å²) in [6, 6.07) is 3.87. The molecule has 1 aliphatic heterocycles. The van der Waals surface area contributed by atoms with Gasteiger partial charge in [-0.25, -0.2) is 4.98 Å². The first-order valence-electron chi connectivity index (χ1n) is 8.33. The molecule has 2 amide bonds. The number of amides is 2. The fraction of sp³-hybridized carbons (Fsp3) is 0.471. The molecule has 0 bridgehead atoms. The molecule has 3 rings (SSSR count). The summed E-state index contributed by atoms with van der Waals surface area (Å²) in [6.07, 6.45) is 1.65. The molecule has 0 atom stereocenters. The molecular formula is C17H22N4O2S2. The number of thiazole rings is 1. The minimum Gasteiger partial charge on any atom is -0.341 e. The van der Waals surface area contributed by atoms with E-state index in [0.717, 1.165) is 43.2 Å². The number of aromatic nitrogens is 1. The van der Waals surface area contributed by atoms with Gasteiger partial charge in [-0.05, 0) is 31.5 Å². The molecule has 0 unspecified atom stereocenters. The molecule has 0 saturated carbocycles. The lowest BCUT2D eigenvalue weighted by atomic mass is 10.3. The average molecular weight is 379 g/mol. The van der Waals surface area contributed by atoms with Crippen LogP contribution in [-0.2, 0) is 22.4 Å². The molecule has 6 nitrogen and oxygen atoms in total. The Morgan fingerprint density at radius 1 is 1.20 bits per heavy atom. The second-order valence-corrected chi connectivity index (χ2v) is 8.05. The number of likely N-dealkylation sites (N-methyl/N-ethyl adjacent to an activating group) is 1. The van der Waals surface area contributed by atoms with Gasteiger partial charge in [-0.3, -0.25) is 9.59 Å². The fourth-order valence-electron chi connectivity index (χ4n) is 2.74. The van der Waals surface area contributed by atoms with Crippen molar-refractivity contribution in [1.82, 2.24) is 14.8 Å². The maximum Gasteiger partial charge on any atom is 0.231 e. The van der Waals surface area contributed by atoms with Crippen LogP contribution in [-0.4, -0.2) is 59.8 Å². The van der Waals surface area contributed by atoms with Crippen molar-refractivity contribution in [2.75, 3.05) is 38.5 Å².